The molecule has 1 heterocycles. The first-order valence-electron chi connectivity index (χ1n) is 8.33. The zero-order chi connectivity index (χ0) is 15.3. The highest BCUT2D eigenvalue weighted by molar-refractivity contribution is 7.85. The molecule has 0 amide bonds. The Balaban J connectivity index is 1.99. The summed E-state index contributed by atoms with van der Waals surface area (Å²) in [7, 11) is -0.973. The minimum Gasteiger partial charge on any atom is -0.396 e. The van der Waals surface area contributed by atoms with Gasteiger partial charge in [-0.05, 0) is 12.5 Å². The maximum atomic E-state index is 12.1. The van der Waals surface area contributed by atoms with Gasteiger partial charge in [-0.1, -0.05) is 64.7 Å². The predicted octanol–water partition coefficient (Wildman–Crippen LogP) is 4.69. The zero-order valence-electron chi connectivity index (χ0n) is 13.4. The second kappa shape index (κ2) is 11.7. The Hall–Kier alpha value is -0.900. The largest absolute Gasteiger partial charge is 0.396 e. The minimum atomic E-state index is -0.973. The minimum absolute atomic E-state index is 0.544. The quantitative estimate of drug-likeness (QED) is 0.570. The van der Waals surface area contributed by atoms with Crippen LogP contribution >= 0.6 is 0 Å². The molecule has 1 unspecified atom stereocenters. The lowest BCUT2D eigenvalue weighted by Crippen LogP contribution is -2.02. The van der Waals surface area contributed by atoms with Gasteiger partial charge < -0.3 is 5.73 Å². The summed E-state index contributed by atoms with van der Waals surface area (Å²) in [5, 5.41) is 0. The van der Waals surface area contributed by atoms with Crippen molar-refractivity contribution >= 4 is 16.5 Å². The van der Waals surface area contributed by atoms with Crippen LogP contribution in [-0.2, 0) is 10.8 Å². The Kier molecular flexibility index (Phi) is 10.1. The number of pyridine rings is 1. The maximum absolute atomic E-state index is 12.1. The van der Waals surface area contributed by atoms with Crippen LogP contribution in [0.4, 0.5) is 5.69 Å². The molecule has 0 aromatic carbocycles. The van der Waals surface area contributed by atoms with Crippen LogP contribution in [0.15, 0.2) is 23.4 Å². The van der Waals surface area contributed by atoms with Gasteiger partial charge >= 0.3 is 0 Å². The van der Waals surface area contributed by atoms with Crippen LogP contribution in [0, 0.1) is 0 Å². The molecular formula is C17H30N2OS. The van der Waals surface area contributed by atoms with Gasteiger partial charge in [-0.3, -0.25) is 9.19 Å². The average Bonchev–Trinajstić information content (AvgIpc) is 2.49. The van der Waals surface area contributed by atoms with Gasteiger partial charge in [0.2, 0.25) is 0 Å². The van der Waals surface area contributed by atoms with E-state index in [0.717, 1.165) is 11.3 Å². The standard InChI is InChI=1S/C17H30N2OS/c1-2-3-4-5-6-7-8-9-10-11-14-21(20)17-12-13-19-15-16(17)18/h12-13,15H,2-11,14,18H2,1H3. The van der Waals surface area contributed by atoms with Crippen LogP contribution in [0.1, 0.15) is 71.1 Å². The second-order valence-corrected chi connectivity index (χ2v) is 7.18. The summed E-state index contributed by atoms with van der Waals surface area (Å²) in [6.45, 7) is 2.25. The molecule has 3 nitrogen and oxygen atoms in total. The van der Waals surface area contributed by atoms with Crippen molar-refractivity contribution < 1.29 is 4.21 Å². The van der Waals surface area contributed by atoms with Crippen molar-refractivity contribution in [1.82, 2.24) is 4.98 Å². The number of unbranched alkanes of at least 4 members (excludes halogenated alkanes) is 9. The fourth-order valence-corrected chi connectivity index (χ4v) is 3.65. The van der Waals surface area contributed by atoms with E-state index in [9.17, 15) is 4.21 Å². The lowest BCUT2D eigenvalue weighted by atomic mass is 10.1. The van der Waals surface area contributed by atoms with Gasteiger partial charge in [0.25, 0.3) is 0 Å². The lowest BCUT2D eigenvalue weighted by Gasteiger charge is -2.05. The first kappa shape index (κ1) is 18.1. The zero-order valence-corrected chi connectivity index (χ0v) is 14.2. The van der Waals surface area contributed by atoms with Crippen molar-refractivity contribution in [2.75, 3.05) is 11.5 Å². The van der Waals surface area contributed by atoms with E-state index in [0.29, 0.717) is 11.4 Å². The number of nitrogens with zero attached hydrogens (tertiary/aromatic N) is 1. The molecule has 1 aromatic rings. The Bertz CT molecular complexity index is 410. The molecule has 4 heteroatoms. The van der Waals surface area contributed by atoms with Crippen LogP contribution in [0.2, 0.25) is 0 Å². The number of rotatable bonds is 12. The molecule has 0 bridgehead atoms. The van der Waals surface area contributed by atoms with E-state index in [1.807, 2.05) is 0 Å². The molecule has 0 spiro atoms. The molecule has 0 aliphatic heterocycles. The average molecular weight is 311 g/mol. The van der Waals surface area contributed by atoms with Crippen molar-refractivity contribution in [2.45, 2.75) is 76.0 Å². The van der Waals surface area contributed by atoms with Crippen molar-refractivity contribution in [2.24, 2.45) is 0 Å². The Morgan fingerprint density at radius 1 is 1.00 bits per heavy atom. The van der Waals surface area contributed by atoms with Crippen molar-refractivity contribution in [3.05, 3.63) is 18.5 Å². The van der Waals surface area contributed by atoms with Gasteiger partial charge in [0.05, 0.1) is 27.6 Å². The van der Waals surface area contributed by atoms with Crippen LogP contribution in [0.25, 0.3) is 0 Å². The van der Waals surface area contributed by atoms with Gasteiger partial charge in [0.1, 0.15) is 0 Å². The van der Waals surface area contributed by atoms with Crippen molar-refractivity contribution in [3.63, 3.8) is 0 Å². The normalized spacial score (nSPS) is 12.4. The Morgan fingerprint density at radius 2 is 1.57 bits per heavy atom. The van der Waals surface area contributed by atoms with E-state index >= 15 is 0 Å². The monoisotopic (exact) mass is 310 g/mol. The smallest absolute Gasteiger partial charge is 0.0664 e. The molecule has 21 heavy (non-hydrogen) atoms. The van der Waals surface area contributed by atoms with E-state index in [1.165, 1.54) is 57.8 Å². The molecule has 1 aromatic heterocycles. The Morgan fingerprint density at radius 3 is 2.14 bits per heavy atom. The molecule has 0 aliphatic rings. The van der Waals surface area contributed by atoms with Gasteiger partial charge in [-0.15, -0.1) is 0 Å². The fraction of sp³-hybridized carbons (Fsp3) is 0.706. The third-order valence-electron chi connectivity index (χ3n) is 3.74. The molecule has 1 atom stereocenters. The highest BCUT2D eigenvalue weighted by atomic mass is 32.2. The number of nitrogens with two attached hydrogens (primary N) is 1. The van der Waals surface area contributed by atoms with E-state index in [2.05, 4.69) is 11.9 Å². The summed E-state index contributed by atoms with van der Waals surface area (Å²) in [6, 6.07) is 1.77. The molecule has 0 fully saturated rings. The molecule has 0 aliphatic carbocycles. The van der Waals surface area contributed by atoms with Crippen LogP contribution < -0.4 is 5.73 Å². The fourth-order valence-electron chi connectivity index (χ4n) is 2.43. The molecule has 0 saturated heterocycles. The molecule has 1 rings (SSSR count). The number of aromatic nitrogens is 1. The maximum Gasteiger partial charge on any atom is 0.0664 e. The molecule has 2 N–H and O–H groups in total. The summed E-state index contributed by atoms with van der Waals surface area (Å²) in [5.41, 5.74) is 6.33. The number of nitrogen functional groups attached to an aromatic ring is 1. The molecule has 0 radical (unpaired) electrons. The van der Waals surface area contributed by atoms with Gasteiger partial charge in [-0.25, -0.2) is 0 Å². The second-order valence-electron chi connectivity index (χ2n) is 5.65. The number of hydrogen-bond acceptors (Lipinski definition) is 3. The topological polar surface area (TPSA) is 56.0 Å². The molecular weight excluding hydrogens is 280 g/mol. The summed E-state index contributed by atoms with van der Waals surface area (Å²) >= 11 is 0. The van der Waals surface area contributed by atoms with E-state index < -0.39 is 10.8 Å². The van der Waals surface area contributed by atoms with Crippen LogP contribution in [0.3, 0.4) is 0 Å². The third kappa shape index (κ3) is 8.20. The van der Waals surface area contributed by atoms with E-state index in [-0.39, 0.29) is 0 Å². The van der Waals surface area contributed by atoms with Gasteiger partial charge in [0.15, 0.2) is 0 Å². The van der Waals surface area contributed by atoms with E-state index in [4.69, 9.17) is 5.73 Å². The summed E-state index contributed by atoms with van der Waals surface area (Å²) < 4.78 is 12.1. The SMILES string of the molecule is CCCCCCCCCCCCS(=O)c1ccncc1N. The first-order chi connectivity index (χ1) is 10.3. The first-order valence-corrected chi connectivity index (χ1v) is 9.65. The highest BCUT2D eigenvalue weighted by Crippen LogP contribution is 2.16. The van der Waals surface area contributed by atoms with Crippen LogP contribution in [0.5, 0.6) is 0 Å². The van der Waals surface area contributed by atoms with E-state index in [1.54, 1.807) is 18.5 Å². The predicted molar refractivity (Wildman–Crippen MR) is 91.8 cm³/mol. The summed E-state index contributed by atoms with van der Waals surface area (Å²) in [4.78, 5) is 4.66. The summed E-state index contributed by atoms with van der Waals surface area (Å²) in [6.07, 6.45) is 16.2. The van der Waals surface area contributed by atoms with Gasteiger partial charge in [-0.2, -0.15) is 0 Å². The van der Waals surface area contributed by atoms with Crippen LogP contribution in [-0.4, -0.2) is 14.9 Å². The van der Waals surface area contributed by atoms with Gasteiger partial charge in [0, 0.05) is 11.9 Å². The number of anilines is 1. The third-order valence-corrected chi connectivity index (χ3v) is 5.26. The summed E-state index contributed by atoms with van der Waals surface area (Å²) in [5.74, 6) is 0.713. The molecule has 120 valence electrons. The number of hydrogen-bond donors (Lipinski definition) is 1. The molecule has 0 saturated carbocycles. The Labute approximate surface area is 132 Å². The highest BCUT2D eigenvalue weighted by Gasteiger charge is 2.06. The van der Waals surface area contributed by atoms with Crippen molar-refractivity contribution in [1.29, 1.82) is 0 Å². The lowest BCUT2D eigenvalue weighted by molar-refractivity contribution is 0.562. The van der Waals surface area contributed by atoms with Crippen molar-refractivity contribution in [3.8, 4) is 0 Å².